The number of carbonyl (C=O) groups excluding carboxylic acids is 3. The molecule has 1 atom stereocenters. The van der Waals surface area contributed by atoms with E-state index in [1.54, 1.807) is 0 Å². The lowest BCUT2D eigenvalue weighted by molar-refractivity contribution is -0.149. The fraction of sp³-hybridized carbons (Fsp3) is 0.308. The molecule has 1 amide bonds. The quantitative estimate of drug-likeness (QED) is 0.513. The van der Waals surface area contributed by atoms with Crippen LogP contribution in [0, 0.1) is 0 Å². The average Bonchev–Trinajstić information content (AvgIpc) is 2.48. The largest absolute Gasteiger partial charge is 0.504 e. The summed E-state index contributed by atoms with van der Waals surface area (Å²) in [6, 6.07) is 2.52. The highest BCUT2D eigenvalue weighted by Crippen LogP contribution is 2.28. The van der Waals surface area contributed by atoms with Crippen LogP contribution in [0.15, 0.2) is 18.2 Å². The zero-order chi connectivity index (χ0) is 16.0. The molecule has 0 saturated heterocycles. The Balaban J connectivity index is 2.92. The predicted octanol–water partition coefficient (Wildman–Crippen LogP) is -0.0677. The van der Waals surface area contributed by atoms with Gasteiger partial charge in [-0.3, -0.25) is 9.59 Å². The van der Waals surface area contributed by atoms with E-state index < -0.39 is 41.8 Å². The van der Waals surface area contributed by atoms with Crippen molar-refractivity contribution in [3.8, 4) is 11.5 Å². The summed E-state index contributed by atoms with van der Waals surface area (Å²) in [5, 5.41) is 21.1. The number of methoxy groups -OCH3 is 2. The molecule has 0 fully saturated rings. The van der Waals surface area contributed by atoms with Crippen LogP contribution in [-0.2, 0) is 19.1 Å². The average molecular weight is 297 g/mol. The topological polar surface area (TPSA) is 122 Å². The molecule has 1 rings (SSSR count). The summed E-state index contributed by atoms with van der Waals surface area (Å²) in [5.74, 6) is -3.51. The molecule has 1 aromatic rings. The van der Waals surface area contributed by atoms with E-state index in [1.165, 1.54) is 18.2 Å². The maximum atomic E-state index is 12.0. The number of hydrogen-bond acceptors (Lipinski definition) is 7. The molecule has 1 aromatic carbocycles. The molecule has 0 aromatic heterocycles. The highest BCUT2D eigenvalue weighted by atomic mass is 16.5. The Morgan fingerprint density at radius 1 is 1.19 bits per heavy atom. The Bertz CT molecular complexity index is 555. The molecule has 21 heavy (non-hydrogen) atoms. The molecule has 0 heterocycles. The van der Waals surface area contributed by atoms with Gasteiger partial charge in [0.25, 0.3) is 5.91 Å². The number of rotatable bonds is 5. The van der Waals surface area contributed by atoms with Gasteiger partial charge < -0.3 is 25.0 Å². The molecule has 0 unspecified atom stereocenters. The van der Waals surface area contributed by atoms with Gasteiger partial charge in [0.2, 0.25) is 0 Å². The third-order valence-corrected chi connectivity index (χ3v) is 2.65. The Morgan fingerprint density at radius 3 is 2.43 bits per heavy atom. The van der Waals surface area contributed by atoms with Crippen LogP contribution >= 0.6 is 0 Å². The highest BCUT2D eigenvalue weighted by molar-refractivity contribution is 6.00. The number of benzene rings is 1. The van der Waals surface area contributed by atoms with E-state index in [2.05, 4.69) is 14.8 Å². The second-order valence-electron chi connectivity index (χ2n) is 4.00. The van der Waals surface area contributed by atoms with Crippen LogP contribution in [0.5, 0.6) is 11.5 Å². The molecule has 0 aliphatic heterocycles. The monoisotopic (exact) mass is 297 g/mol. The van der Waals surface area contributed by atoms with Crippen molar-refractivity contribution in [1.29, 1.82) is 0 Å². The van der Waals surface area contributed by atoms with Gasteiger partial charge in [-0.05, 0) is 12.1 Å². The van der Waals surface area contributed by atoms with E-state index in [0.717, 1.165) is 14.2 Å². The van der Waals surface area contributed by atoms with Gasteiger partial charge in [-0.2, -0.15) is 0 Å². The van der Waals surface area contributed by atoms with Crippen LogP contribution in [0.25, 0.3) is 0 Å². The lowest BCUT2D eigenvalue weighted by Gasteiger charge is -2.16. The highest BCUT2D eigenvalue weighted by Gasteiger charge is 2.26. The van der Waals surface area contributed by atoms with Crippen LogP contribution < -0.4 is 5.32 Å². The summed E-state index contributed by atoms with van der Waals surface area (Å²) >= 11 is 0. The van der Waals surface area contributed by atoms with E-state index >= 15 is 0 Å². The summed E-state index contributed by atoms with van der Waals surface area (Å²) in [4.78, 5) is 34.7. The molecule has 0 bridgehead atoms. The molecule has 8 heteroatoms. The lowest BCUT2D eigenvalue weighted by atomic mass is 10.1. The van der Waals surface area contributed by atoms with Crippen molar-refractivity contribution in [3.05, 3.63) is 23.8 Å². The van der Waals surface area contributed by atoms with Crippen LogP contribution in [0.3, 0.4) is 0 Å². The molecule has 0 spiro atoms. The Morgan fingerprint density at radius 2 is 1.86 bits per heavy atom. The van der Waals surface area contributed by atoms with Gasteiger partial charge in [-0.1, -0.05) is 6.07 Å². The first-order chi connectivity index (χ1) is 9.90. The van der Waals surface area contributed by atoms with Gasteiger partial charge in [-0.15, -0.1) is 0 Å². The van der Waals surface area contributed by atoms with Crippen molar-refractivity contribution >= 4 is 17.8 Å². The van der Waals surface area contributed by atoms with Crippen molar-refractivity contribution in [2.24, 2.45) is 0 Å². The Labute approximate surface area is 120 Å². The number of ether oxygens (including phenoxy) is 2. The van der Waals surface area contributed by atoms with Crippen molar-refractivity contribution in [1.82, 2.24) is 5.32 Å². The van der Waals surface area contributed by atoms with E-state index in [0.29, 0.717) is 0 Å². The molecular formula is C13H15NO7. The van der Waals surface area contributed by atoms with Crippen LogP contribution in [0.1, 0.15) is 16.8 Å². The summed E-state index contributed by atoms with van der Waals surface area (Å²) in [6.45, 7) is 0. The Kier molecular flexibility index (Phi) is 5.53. The van der Waals surface area contributed by atoms with E-state index in [4.69, 9.17) is 0 Å². The summed E-state index contributed by atoms with van der Waals surface area (Å²) in [5.41, 5.74) is -0.242. The van der Waals surface area contributed by atoms with Gasteiger partial charge in [-0.25, -0.2) is 4.79 Å². The molecule has 114 valence electrons. The number of amides is 1. The zero-order valence-corrected chi connectivity index (χ0v) is 11.5. The predicted molar refractivity (Wildman–Crippen MR) is 69.7 cm³/mol. The van der Waals surface area contributed by atoms with Gasteiger partial charge >= 0.3 is 11.9 Å². The fourth-order valence-electron chi connectivity index (χ4n) is 1.54. The number of phenolic OH excluding ortho intramolecular Hbond substituents is 2. The first-order valence-electron chi connectivity index (χ1n) is 5.87. The molecule has 0 radical (unpaired) electrons. The van der Waals surface area contributed by atoms with E-state index in [9.17, 15) is 24.6 Å². The SMILES string of the molecule is COC(=O)C[C@H](NC(=O)c1cccc(O)c1O)C(=O)OC. The third kappa shape index (κ3) is 4.10. The van der Waals surface area contributed by atoms with Gasteiger partial charge in [0, 0.05) is 0 Å². The number of carbonyl (C=O) groups is 3. The summed E-state index contributed by atoms with van der Waals surface area (Å²) in [6.07, 6.45) is -0.422. The first-order valence-corrected chi connectivity index (χ1v) is 5.87. The number of phenols is 2. The second kappa shape index (κ2) is 7.13. The zero-order valence-electron chi connectivity index (χ0n) is 11.5. The molecular weight excluding hydrogens is 282 g/mol. The number of para-hydroxylation sites is 1. The van der Waals surface area contributed by atoms with Gasteiger partial charge in [0.15, 0.2) is 11.5 Å². The minimum atomic E-state index is -1.27. The van der Waals surface area contributed by atoms with Crippen LogP contribution in [0.4, 0.5) is 0 Å². The van der Waals surface area contributed by atoms with Gasteiger partial charge in [0.05, 0.1) is 26.2 Å². The third-order valence-electron chi connectivity index (χ3n) is 2.65. The number of aromatic hydroxyl groups is 2. The van der Waals surface area contributed by atoms with Crippen LogP contribution in [-0.4, -0.2) is 48.3 Å². The second-order valence-corrected chi connectivity index (χ2v) is 4.00. The molecule has 0 aliphatic rings. The standard InChI is InChI=1S/C13H15NO7/c1-20-10(16)6-8(13(19)21-2)14-12(18)7-4-3-5-9(15)11(7)17/h3-5,8,15,17H,6H2,1-2H3,(H,14,18)/t8-/m0/s1. The molecule has 8 nitrogen and oxygen atoms in total. The van der Waals surface area contributed by atoms with Gasteiger partial charge in [0.1, 0.15) is 6.04 Å². The normalized spacial score (nSPS) is 11.3. The minimum absolute atomic E-state index is 0.242. The maximum Gasteiger partial charge on any atom is 0.328 e. The maximum absolute atomic E-state index is 12.0. The number of hydrogen-bond donors (Lipinski definition) is 3. The van der Waals surface area contributed by atoms with Crippen molar-refractivity contribution in [2.75, 3.05) is 14.2 Å². The number of esters is 2. The van der Waals surface area contributed by atoms with Crippen LogP contribution in [0.2, 0.25) is 0 Å². The fourth-order valence-corrected chi connectivity index (χ4v) is 1.54. The summed E-state index contributed by atoms with van der Waals surface area (Å²) < 4.78 is 8.89. The molecule has 0 saturated carbocycles. The van der Waals surface area contributed by atoms with Crippen molar-refractivity contribution in [2.45, 2.75) is 12.5 Å². The number of nitrogens with one attached hydrogen (secondary N) is 1. The molecule has 0 aliphatic carbocycles. The minimum Gasteiger partial charge on any atom is -0.504 e. The summed E-state index contributed by atoms with van der Waals surface area (Å²) in [7, 11) is 2.24. The van der Waals surface area contributed by atoms with E-state index in [-0.39, 0.29) is 5.56 Å². The Hall–Kier alpha value is -2.77. The van der Waals surface area contributed by atoms with Crippen molar-refractivity contribution < 1.29 is 34.1 Å². The smallest absolute Gasteiger partial charge is 0.328 e. The molecule has 3 N–H and O–H groups in total. The first kappa shape index (κ1) is 16.3. The lowest BCUT2D eigenvalue weighted by Crippen LogP contribution is -2.43. The van der Waals surface area contributed by atoms with E-state index in [1.807, 2.05) is 0 Å². The van der Waals surface area contributed by atoms with Crippen molar-refractivity contribution in [3.63, 3.8) is 0 Å².